The van der Waals surface area contributed by atoms with Crippen LogP contribution in [0.3, 0.4) is 0 Å². The maximum absolute atomic E-state index is 5.98. The maximum Gasteiger partial charge on any atom is 0.224 e. The van der Waals surface area contributed by atoms with Crippen molar-refractivity contribution in [3.8, 4) is 0 Å². The number of hydrogen-bond acceptors (Lipinski definition) is 3. The highest BCUT2D eigenvalue weighted by Crippen LogP contribution is 2.29. The lowest BCUT2D eigenvalue weighted by Gasteiger charge is -2.09. The highest BCUT2D eigenvalue weighted by atomic mass is 79.9. The third-order valence-corrected chi connectivity index (χ3v) is 4.14. The van der Waals surface area contributed by atoms with Crippen molar-refractivity contribution in [1.82, 2.24) is 9.97 Å². The van der Waals surface area contributed by atoms with Crippen LogP contribution in [0.1, 0.15) is 0 Å². The van der Waals surface area contributed by atoms with Crippen LogP contribution in [0.5, 0.6) is 0 Å². The molecule has 0 aliphatic heterocycles. The van der Waals surface area contributed by atoms with Crippen LogP contribution >= 0.6 is 39.1 Å². The molecule has 3 aromatic rings. The summed E-state index contributed by atoms with van der Waals surface area (Å²) in [6.45, 7) is 0. The summed E-state index contributed by atoms with van der Waals surface area (Å²) >= 11 is 15.3. The number of anilines is 2. The van der Waals surface area contributed by atoms with E-state index in [4.69, 9.17) is 23.2 Å². The molecular weight excluding hydrogens is 361 g/mol. The summed E-state index contributed by atoms with van der Waals surface area (Å²) in [5.74, 6) is 0.662. The van der Waals surface area contributed by atoms with E-state index in [1.807, 2.05) is 36.4 Å². The van der Waals surface area contributed by atoms with Crippen molar-refractivity contribution >= 4 is 61.5 Å². The van der Waals surface area contributed by atoms with Crippen LogP contribution < -0.4 is 5.32 Å². The number of hydrogen-bond donors (Lipinski definition) is 1. The van der Waals surface area contributed by atoms with E-state index in [-0.39, 0.29) is 5.28 Å². The highest BCUT2D eigenvalue weighted by Gasteiger charge is 2.07. The summed E-state index contributed by atoms with van der Waals surface area (Å²) in [5, 5.41) is 5.00. The van der Waals surface area contributed by atoms with E-state index in [0.29, 0.717) is 10.8 Å². The van der Waals surface area contributed by atoms with Crippen LogP contribution in [0.15, 0.2) is 46.9 Å². The quantitative estimate of drug-likeness (QED) is 0.611. The second-order valence-electron chi connectivity index (χ2n) is 4.11. The fourth-order valence-electron chi connectivity index (χ4n) is 1.85. The van der Waals surface area contributed by atoms with Gasteiger partial charge in [0.25, 0.3) is 0 Å². The topological polar surface area (TPSA) is 37.8 Å². The number of fused-ring (bicyclic) bond motifs is 1. The van der Waals surface area contributed by atoms with Crippen molar-refractivity contribution in [2.45, 2.75) is 0 Å². The molecule has 3 nitrogen and oxygen atoms in total. The first-order valence-corrected chi connectivity index (χ1v) is 7.33. The predicted molar refractivity (Wildman–Crippen MR) is 87.0 cm³/mol. The number of benzene rings is 2. The molecule has 0 unspecified atom stereocenters. The van der Waals surface area contributed by atoms with Crippen molar-refractivity contribution < 1.29 is 0 Å². The second-order valence-corrected chi connectivity index (χ2v) is 5.71. The SMILES string of the molecule is Clc1nc(Nc2ccc(Cl)c(Br)c2)c2ccccc2n1. The molecule has 0 amide bonds. The van der Waals surface area contributed by atoms with Crippen molar-refractivity contribution in [1.29, 1.82) is 0 Å². The van der Waals surface area contributed by atoms with Crippen molar-refractivity contribution in [3.63, 3.8) is 0 Å². The molecule has 0 saturated carbocycles. The Balaban J connectivity index is 2.07. The molecule has 6 heteroatoms. The molecule has 100 valence electrons. The molecule has 3 rings (SSSR count). The Labute approximate surface area is 134 Å². The van der Waals surface area contributed by atoms with Gasteiger partial charge in [-0.05, 0) is 57.9 Å². The summed E-state index contributed by atoms with van der Waals surface area (Å²) in [6.07, 6.45) is 0. The first-order valence-electron chi connectivity index (χ1n) is 5.78. The Morgan fingerprint density at radius 1 is 1.00 bits per heavy atom. The first kappa shape index (κ1) is 13.6. The summed E-state index contributed by atoms with van der Waals surface area (Å²) in [7, 11) is 0. The molecule has 1 N–H and O–H groups in total. The molecular formula is C14H8BrCl2N3. The maximum atomic E-state index is 5.98. The number of rotatable bonds is 2. The third-order valence-electron chi connectivity index (χ3n) is 2.76. The molecule has 2 aromatic carbocycles. The van der Waals surface area contributed by atoms with Crippen LogP contribution in [0.4, 0.5) is 11.5 Å². The molecule has 1 aromatic heterocycles. The molecule has 0 aliphatic carbocycles. The molecule has 0 atom stereocenters. The minimum Gasteiger partial charge on any atom is -0.340 e. The van der Waals surface area contributed by atoms with Crippen LogP contribution in [-0.4, -0.2) is 9.97 Å². The van der Waals surface area contributed by atoms with Crippen molar-refractivity contribution in [2.24, 2.45) is 0 Å². The molecule has 0 aliphatic rings. The molecule has 1 heterocycles. The molecule has 0 fully saturated rings. The lowest BCUT2D eigenvalue weighted by atomic mass is 10.2. The molecule has 0 radical (unpaired) electrons. The standard InChI is InChI=1S/C14H8BrCl2N3/c15-10-7-8(5-6-11(10)16)18-13-9-3-1-2-4-12(9)19-14(17)20-13/h1-7H,(H,18,19,20). The number of aromatic nitrogens is 2. The van der Waals surface area contributed by atoms with Gasteiger partial charge in [0, 0.05) is 15.5 Å². The van der Waals surface area contributed by atoms with Crippen molar-refractivity contribution in [3.05, 3.63) is 57.2 Å². The lowest BCUT2D eigenvalue weighted by molar-refractivity contribution is 1.22. The molecule has 20 heavy (non-hydrogen) atoms. The number of halogens is 3. The Morgan fingerprint density at radius 3 is 2.60 bits per heavy atom. The Hall–Kier alpha value is -1.36. The van der Waals surface area contributed by atoms with Gasteiger partial charge in [0.15, 0.2) is 0 Å². The minimum atomic E-state index is 0.208. The molecule has 0 spiro atoms. The zero-order chi connectivity index (χ0) is 14.1. The smallest absolute Gasteiger partial charge is 0.224 e. The second kappa shape index (κ2) is 5.56. The van der Waals surface area contributed by atoms with Crippen LogP contribution in [0, 0.1) is 0 Å². The van der Waals surface area contributed by atoms with E-state index in [1.54, 1.807) is 6.07 Å². The van der Waals surface area contributed by atoms with Crippen LogP contribution in [0.2, 0.25) is 10.3 Å². The van der Waals surface area contributed by atoms with Gasteiger partial charge in [-0.1, -0.05) is 23.7 Å². The number of nitrogens with zero attached hydrogens (tertiary/aromatic N) is 2. The van der Waals surface area contributed by atoms with E-state index in [0.717, 1.165) is 21.1 Å². The fraction of sp³-hybridized carbons (Fsp3) is 0. The van der Waals surface area contributed by atoms with Gasteiger partial charge in [-0.2, -0.15) is 4.98 Å². The third kappa shape index (κ3) is 2.73. The van der Waals surface area contributed by atoms with E-state index < -0.39 is 0 Å². The minimum absolute atomic E-state index is 0.208. The van der Waals surface area contributed by atoms with Gasteiger partial charge in [0.1, 0.15) is 5.82 Å². The zero-order valence-electron chi connectivity index (χ0n) is 10.1. The number of para-hydroxylation sites is 1. The summed E-state index contributed by atoms with van der Waals surface area (Å²) in [5.41, 5.74) is 1.66. The predicted octanol–water partition coefficient (Wildman–Crippen LogP) is 5.44. The average molecular weight is 369 g/mol. The zero-order valence-corrected chi connectivity index (χ0v) is 13.2. The van der Waals surface area contributed by atoms with Gasteiger partial charge in [0.05, 0.1) is 10.5 Å². The van der Waals surface area contributed by atoms with Gasteiger partial charge >= 0.3 is 0 Å². The van der Waals surface area contributed by atoms with Crippen LogP contribution in [-0.2, 0) is 0 Å². The summed E-state index contributed by atoms with van der Waals surface area (Å²) in [4.78, 5) is 8.44. The van der Waals surface area contributed by atoms with Gasteiger partial charge in [-0.25, -0.2) is 4.98 Å². The largest absolute Gasteiger partial charge is 0.340 e. The van der Waals surface area contributed by atoms with E-state index in [1.165, 1.54) is 0 Å². The Bertz CT molecular complexity index is 792. The lowest BCUT2D eigenvalue weighted by Crippen LogP contribution is -1.97. The summed E-state index contributed by atoms with van der Waals surface area (Å²) in [6, 6.07) is 13.2. The monoisotopic (exact) mass is 367 g/mol. The van der Waals surface area contributed by atoms with E-state index in [2.05, 4.69) is 31.2 Å². The highest BCUT2D eigenvalue weighted by molar-refractivity contribution is 9.10. The number of nitrogens with one attached hydrogen (secondary N) is 1. The van der Waals surface area contributed by atoms with Gasteiger partial charge in [0.2, 0.25) is 5.28 Å². The first-order chi connectivity index (χ1) is 9.63. The summed E-state index contributed by atoms with van der Waals surface area (Å²) < 4.78 is 0.814. The van der Waals surface area contributed by atoms with Gasteiger partial charge in [-0.3, -0.25) is 0 Å². The van der Waals surface area contributed by atoms with Crippen molar-refractivity contribution in [2.75, 3.05) is 5.32 Å². The van der Waals surface area contributed by atoms with E-state index >= 15 is 0 Å². The van der Waals surface area contributed by atoms with Crippen LogP contribution in [0.25, 0.3) is 10.9 Å². The van der Waals surface area contributed by atoms with Gasteiger partial charge in [-0.15, -0.1) is 0 Å². The average Bonchev–Trinajstić information content (AvgIpc) is 2.43. The molecule has 0 saturated heterocycles. The fourth-order valence-corrected chi connectivity index (χ4v) is 2.53. The Morgan fingerprint density at radius 2 is 1.80 bits per heavy atom. The Kier molecular flexibility index (Phi) is 3.78. The van der Waals surface area contributed by atoms with E-state index in [9.17, 15) is 0 Å². The normalized spacial score (nSPS) is 10.8. The molecule has 0 bridgehead atoms. The van der Waals surface area contributed by atoms with Gasteiger partial charge < -0.3 is 5.32 Å².